The first-order valence-corrected chi connectivity index (χ1v) is 4.90. The number of carbonyl (C=O) groups is 1. The summed E-state index contributed by atoms with van der Waals surface area (Å²) >= 11 is 5.86. The zero-order chi connectivity index (χ0) is 10.8. The molecule has 0 atom stereocenters. The average molecular weight is 221 g/mol. The Labute approximate surface area is 92.5 Å². The summed E-state index contributed by atoms with van der Waals surface area (Å²) in [6, 6.07) is 9.04. The van der Waals surface area contributed by atoms with Crippen LogP contribution < -0.4 is 0 Å². The zero-order valence-electron chi connectivity index (χ0n) is 8.16. The first-order valence-electron chi connectivity index (χ1n) is 4.52. The van der Waals surface area contributed by atoms with E-state index in [4.69, 9.17) is 16.0 Å². The standard InChI is InChI=1S/C12H9ClO2/c1-8-10(7-14)6-12(15-8)9-3-2-4-11(13)5-9/h2-7H,1H3. The van der Waals surface area contributed by atoms with Crippen LogP contribution in [0.2, 0.25) is 5.02 Å². The molecule has 0 unspecified atom stereocenters. The summed E-state index contributed by atoms with van der Waals surface area (Å²) in [6.07, 6.45) is 0.785. The Morgan fingerprint density at radius 2 is 2.13 bits per heavy atom. The van der Waals surface area contributed by atoms with Crippen molar-refractivity contribution in [2.75, 3.05) is 0 Å². The molecule has 0 spiro atoms. The second-order valence-corrected chi connectivity index (χ2v) is 3.69. The summed E-state index contributed by atoms with van der Waals surface area (Å²) in [4.78, 5) is 10.7. The third-order valence-corrected chi connectivity index (χ3v) is 2.43. The summed E-state index contributed by atoms with van der Waals surface area (Å²) in [5.74, 6) is 1.29. The maximum atomic E-state index is 10.7. The quantitative estimate of drug-likeness (QED) is 0.722. The highest BCUT2D eigenvalue weighted by atomic mass is 35.5. The highest BCUT2D eigenvalue weighted by Gasteiger charge is 2.08. The van der Waals surface area contributed by atoms with Crippen molar-refractivity contribution in [3.63, 3.8) is 0 Å². The number of halogens is 1. The molecule has 2 rings (SSSR count). The summed E-state index contributed by atoms with van der Waals surface area (Å²) in [5.41, 5.74) is 1.45. The van der Waals surface area contributed by atoms with E-state index in [1.54, 1.807) is 25.1 Å². The molecule has 2 nitrogen and oxygen atoms in total. The van der Waals surface area contributed by atoms with Crippen molar-refractivity contribution >= 4 is 17.9 Å². The summed E-state index contributed by atoms with van der Waals surface area (Å²) in [6.45, 7) is 1.76. The van der Waals surface area contributed by atoms with E-state index < -0.39 is 0 Å². The van der Waals surface area contributed by atoms with Crippen LogP contribution in [0.3, 0.4) is 0 Å². The topological polar surface area (TPSA) is 30.2 Å². The predicted molar refractivity (Wildman–Crippen MR) is 59.3 cm³/mol. The molecule has 0 aliphatic heterocycles. The minimum atomic E-state index is 0.574. The number of aldehydes is 1. The zero-order valence-corrected chi connectivity index (χ0v) is 8.91. The summed E-state index contributed by atoms with van der Waals surface area (Å²) < 4.78 is 5.46. The first-order chi connectivity index (χ1) is 7.20. The van der Waals surface area contributed by atoms with Crippen molar-refractivity contribution in [1.82, 2.24) is 0 Å². The van der Waals surface area contributed by atoms with Crippen LogP contribution in [0.5, 0.6) is 0 Å². The lowest BCUT2D eigenvalue weighted by Gasteiger charge is -1.96. The van der Waals surface area contributed by atoms with Gasteiger partial charge in [-0.1, -0.05) is 23.7 Å². The lowest BCUT2D eigenvalue weighted by Crippen LogP contribution is -1.75. The molecule has 15 heavy (non-hydrogen) atoms. The van der Waals surface area contributed by atoms with Gasteiger partial charge < -0.3 is 4.42 Å². The van der Waals surface area contributed by atoms with Crippen LogP contribution in [0.4, 0.5) is 0 Å². The van der Waals surface area contributed by atoms with Crippen LogP contribution in [0.25, 0.3) is 11.3 Å². The fourth-order valence-corrected chi connectivity index (χ4v) is 1.59. The molecular formula is C12H9ClO2. The Bertz CT molecular complexity index is 500. The number of hydrogen-bond donors (Lipinski definition) is 0. The van der Waals surface area contributed by atoms with E-state index in [-0.39, 0.29) is 0 Å². The van der Waals surface area contributed by atoms with Gasteiger partial charge in [0, 0.05) is 10.6 Å². The van der Waals surface area contributed by atoms with Crippen LogP contribution in [0, 0.1) is 6.92 Å². The van der Waals surface area contributed by atoms with E-state index in [9.17, 15) is 4.79 Å². The van der Waals surface area contributed by atoms with Gasteiger partial charge in [0.05, 0.1) is 5.56 Å². The molecule has 0 aliphatic carbocycles. The maximum Gasteiger partial charge on any atom is 0.153 e. The molecule has 2 aromatic rings. The van der Waals surface area contributed by atoms with Gasteiger partial charge in [-0.3, -0.25) is 4.79 Å². The van der Waals surface area contributed by atoms with Gasteiger partial charge in [-0.15, -0.1) is 0 Å². The van der Waals surface area contributed by atoms with Crippen molar-refractivity contribution in [3.8, 4) is 11.3 Å². The first kappa shape index (κ1) is 9.99. The monoisotopic (exact) mass is 220 g/mol. The molecule has 0 fully saturated rings. The van der Waals surface area contributed by atoms with Crippen molar-refractivity contribution in [2.24, 2.45) is 0 Å². The largest absolute Gasteiger partial charge is 0.461 e. The molecule has 1 heterocycles. The van der Waals surface area contributed by atoms with Gasteiger partial charge in [-0.2, -0.15) is 0 Å². The van der Waals surface area contributed by atoms with Gasteiger partial charge in [0.25, 0.3) is 0 Å². The van der Waals surface area contributed by atoms with Gasteiger partial charge in [-0.25, -0.2) is 0 Å². The third-order valence-electron chi connectivity index (χ3n) is 2.19. The number of furan rings is 1. The lowest BCUT2D eigenvalue weighted by atomic mass is 10.1. The molecule has 0 amide bonds. The second-order valence-electron chi connectivity index (χ2n) is 3.25. The van der Waals surface area contributed by atoms with Crippen LogP contribution in [-0.2, 0) is 0 Å². The van der Waals surface area contributed by atoms with Crippen LogP contribution in [0.1, 0.15) is 16.1 Å². The molecule has 0 N–H and O–H groups in total. The Morgan fingerprint density at radius 1 is 1.33 bits per heavy atom. The fourth-order valence-electron chi connectivity index (χ4n) is 1.40. The summed E-state index contributed by atoms with van der Waals surface area (Å²) in [7, 11) is 0. The lowest BCUT2D eigenvalue weighted by molar-refractivity contribution is 0.112. The van der Waals surface area contributed by atoms with E-state index >= 15 is 0 Å². The van der Waals surface area contributed by atoms with E-state index in [1.165, 1.54) is 0 Å². The van der Waals surface area contributed by atoms with Crippen molar-refractivity contribution in [3.05, 3.63) is 46.7 Å². The molecule has 0 saturated carbocycles. The fraction of sp³-hybridized carbons (Fsp3) is 0.0833. The maximum absolute atomic E-state index is 10.7. The molecule has 3 heteroatoms. The predicted octanol–water partition coefficient (Wildman–Crippen LogP) is 3.72. The van der Waals surface area contributed by atoms with Crippen LogP contribution >= 0.6 is 11.6 Å². The van der Waals surface area contributed by atoms with Gasteiger partial charge in [0.2, 0.25) is 0 Å². The molecule has 76 valence electrons. The van der Waals surface area contributed by atoms with Gasteiger partial charge >= 0.3 is 0 Å². The second kappa shape index (κ2) is 3.91. The minimum absolute atomic E-state index is 0.574. The molecular weight excluding hydrogens is 212 g/mol. The van der Waals surface area contributed by atoms with Crippen LogP contribution in [0.15, 0.2) is 34.7 Å². The van der Waals surface area contributed by atoms with E-state index in [1.807, 2.05) is 12.1 Å². The van der Waals surface area contributed by atoms with E-state index in [2.05, 4.69) is 0 Å². The highest BCUT2D eigenvalue weighted by Crippen LogP contribution is 2.26. The Balaban J connectivity index is 2.49. The normalized spacial score (nSPS) is 10.3. The number of carbonyl (C=O) groups excluding carboxylic acids is 1. The Hall–Kier alpha value is -1.54. The number of aryl methyl sites for hydroxylation is 1. The van der Waals surface area contributed by atoms with Crippen LogP contribution in [-0.4, -0.2) is 6.29 Å². The molecule has 1 aromatic carbocycles. The minimum Gasteiger partial charge on any atom is -0.461 e. The highest BCUT2D eigenvalue weighted by molar-refractivity contribution is 6.30. The average Bonchev–Trinajstić information content (AvgIpc) is 2.60. The molecule has 0 radical (unpaired) electrons. The Morgan fingerprint density at radius 3 is 2.73 bits per heavy atom. The van der Waals surface area contributed by atoms with Crippen molar-refractivity contribution in [1.29, 1.82) is 0 Å². The molecule has 1 aromatic heterocycles. The number of hydrogen-bond acceptors (Lipinski definition) is 2. The van der Waals surface area contributed by atoms with E-state index in [0.29, 0.717) is 22.1 Å². The van der Waals surface area contributed by atoms with Crippen molar-refractivity contribution < 1.29 is 9.21 Å². The van der Waals surface area contributed by atoms with Crippen molar-refractivity contribution in [2.45, 2.75) is 6.92 Å². The van der Waals surface area contributed by atoms with E-state index in [0.717, 1.165) is 11.8 Å². The number of rotatable bonds is 2. The third kappa shape index (κ3) is 1.95. The van der Waals surface area contributed by atoms with Gasteiger partial charge in [0.1, 0.15) is 11.5 Å². The summed E-state index contributed by atoms with van der Waals surface area (Å²) in [5, 5.41) is 0.647. The SMILES string of the molecule is Cc1oc(-c2cccc(Cl)c2)cc1C=O. The molecule has 0 bridgehead atoms. The Kier molecular flexibility index (Phi) is 2.60. The molecule has 0 aliphatic rings. The number of benzene rings is 1. The smallest absolute Gasteiger partial charge is 0.153 e. The van der Waals surface area contributed by atoms with Gasteiger partial charge in [-0.05, 0) is 25.1 Å². The van der Waals surface area contributed by atoms with Gasteiger partial charge in [0.15, 0.2) is 6.29 Å². The molecule has 0 saturated heterocycles.